The molecule has 0 bridgehead atoms. The van der Waals surface area contributed by atoms with Crippen LogP contribution in [0.1, 0.15) is 25.8 Å². The fraction of sp³-hybridized carbons (Fsp3) is 0.500. The predicted octanol–water partition coefficient (Wildman–Crippen LogP) is 2.80. The van der Waals surface area contributed by atoms with Gasteiger partial charge in [0, 0.05) is 11.0 Å². The van der Waals surface area contributed by atoms with E-state index in [0.29, 0.717) is 25.6 Å². The van der Waals surface area contributed by atoms with Crippen LogP contribution in [0.2, 0.25) is 0 Å². The lowest BCUT2D eigenvalue weighted by Gasteiger charge is -2.22. The first-order chi connectivity index (χ1) is 10.4. The summed E-state index contributed by atoms with van der Waals surface area (Å²) in [5.41, 5.74) is 1.14. The van der Waals surface area contributed by atoms with Crippen LogP contribution in [0.3, 0.4) is 0 Å². The first kappa shape index (κ1) is 17.0. The van der Waals surface area contributed by atoms with Crippen LogP contribution in [0, 0.1) is 5.92 Å². The highest BCUT2D eigenvalue weighted by atomic mass is 79.9. The Balaban J connectivity index is 1.93. The van der Waals surface area contributed by atoms with E-state index in [-0.39, 0.29) is 18.0 Å². The summed E-state index contributed by atoms with van der Waals surface area (Å²) >= 11 is 3.41. The normalized spacial score (nSPS) is 18.5. The standard InChI is InChI=1S/C16H22BrN3O2/c1-11(2)8-14-15(21)20(16(22)18-14)10-19(3)9-12-4-6-13(17)7-5-12/h4-7,11,14H,8-10H2,1-3H3,(H,18,22)/t14-/m1/s1. The number of urea groups is 1. The van der Waals surface area contributed by atoms with E-state index >= 15 is 0 Å². The zero-order valence-electron chi connectivity index (χ0n) is 13.2. The average Bonchev–Trinajstić information content (AvgIpc) is 2.68. The van der Waals surface area contributed by atoms with Gasteiger partial charge in [0.1, 0.15) is 6.04 Å². The number of halogens is 1. The highest BCUT2D eigenvalue weighted by Gasteiger charge is 2.38. The highest BCUT2D eigenvalue weighted by Crippen LogP contribution is 2.16. The van der Waals surface area contributed by atoms with Gasteiger partial charge in [0.15, 0.2) is 0 Å². The largest absolute Gasteiger partial charge is 0.326 e. The topological polar surface area (TPSA) is 52.7 Å². The third kappa shape index (κ3) is 4.30. The monoisotopic (exact) mass is 367 g/mol. The van der Waals surface area contributed by atoms with Crippen LogP contribution in [-0.4, -0.2) is 41.5 Å². The molecule has 0 radical (unpaired) electrons. The van der Waals surface area contributed by atoms with Gasteiger partial charge in [0.2, 0.25) is 0 Å². The molecule has 0 aliphatic carbocycles. The molecule has 3 amide bonds. The van der Waals surface area contributed by atoms with Gasteiger partial charge in [-0.2, -0.15) is 0 Å². The lowest BCUT2D eigenvalue weighted by molar-refractivity contribution is -0.129. The minimum atomic E-state index is -0.381. The van der Waals surface area contributed by atoms with Crippen LogP contribution in [0.5, 0.6) is 0 Å². The molecule has 1 aromatic rings. The Morgan fingerprint density at radius 3 is 2.50 bits per heavy atom. The number of carbonyl (C=O) groups is 2. The summed E-state index contributed by atoms with van der Waals surface area (Å²) in [4.78, 5) is 27.5. The SMILES string of the molecule is CC(C)C[C@H]1NC(=O)N(CN(C)Cc2ccc(Br)cc2)C1=O. The van der Waals surface area contributed by atoms with Crippen LogP contribution in [0.25, 0.3) is 0 Å². The molecule has 2 rings (SSSR count). The maximum Gasteiger partial charge on any atom is 0.325 e. The van der Waals surface area contributed by atoms with Crippen molar-refractivity contribution in [3.05, 3.63) is 34.3 Å². The molecular formula is C16H22BrN3O2. The minimum Gasteiger partial charge on any atom is -0.326 e. The summed E-state index contributed by atoms with van der Waals surface area (Å²) in [6.45, 7) is 5.07. The van der Waals surface area contributed by atoms with Gasteiger partial charge >= 0.3 is 6.03 Å². The van der Waals surface area contributed by atoms with E-state index in [9.17, 15) is 9.59 Å². The Bertz CT molecular complexity index is 545. The molecule has 0 spiro atoms. The lowest BCUT2D eigenvalue weighted by Crippen LogP contribution is -2.40. The molecular weight excluding hydrogens is 346 g/mol. The van der Waals surface area contributed by atoms with E-state index < -0.39 is 0 Å². The van der Waals surface area contributed by atoms with E-state index in [2.05, 4.69) is 21.2 Å². The maximum atomic E-state index is 12.3. The third-order valence-electron chi connectivity index (χ3n) is 3.56. The smallest absolute Gasteiger partial charge is 0.325 e. The number of carbonyl (C=O) groups excluding carboxylic acids is 2. The van der Waals surface area contributed by atoms with E-state index in [0.717, 1.165) is 10.0 Å². The van der Waals surface area contributed by atoms with Gasteiger partial charge in [-0.25, -0.2) is 9.69 Å². The Morgan fingerprint density at radius 2 is 1.91 bits per heavy atom. The third-order valence-corrected chi connectivity index (χ3v) is 4.09. The average molecular weight is 368 g/mol. The molecule has 1 heterocycles. The second-order valence-electron chi connectivity index (χ2n) is 6.18. The summed E-state index contributed by atoms with van der Waals surface area (Å²) in [7, 11) is 1.90. The zero-order valence-corrected chi connectivity index (χ0v) is 14.8. The molecule has 1 aromatic carbocycles. The van der Waals surface area contributed by atoms with Crippen molar-refractivity contribution >= 4 is 27.9 Å². The molecule has 22 heavy (non-hydrogen) atoms. The summed E-state index contributed by atoms with van der Waals surface area (Å²) in [6, 6.07) is 7.33. The van der Waals surface area contributed by atoms with Crippen molar-refractivity contribution in [2.45, 2.75) is 32.9 Å². The van der Waals surface area contributed by atoms with Crippen molar-refractivity contribution in [2.24, 2.45) is 5.92 Å². The Morgan fingerprint density at radius 1 is 1.27 bits per heavy atom. The molecule has 0 aromatic heterocycles. The van der Waals surface area contributed by atoms with Crippen LogP contribution < -0.4 is 5.32 Å². The second kappa shape index (κ2) is 7.24. The van der Waals surface area contributed by atoms with E-state index in [4.69, 9.17) is 0 Å². The van der Waals surface area contributed by atoms with Gasteiger partial charge in [0.05, 0.1) is 6.67 Å². The molecule has 0 saturated carbocycles. The van der Waals surface area contributed by atoms with Gasteiger partial charge in [-0.15, -0.1) is 0 Å². The van der Waals surface area contributed by atoms with Crippen LogP contribution >= 0.6 is 15.9 Å². The molecule has 120 valence electrons. The first-order valence-corrected chi connectivity index (χ1v) is 8.21. The van der Waals surface area contributed by atoms with E-state index in [1.807, 2.05) is 50.1 Å². The van der Waals surface area contributed by atoms with E-state index in [1.54, 1.807) is 0 Å². The number of benzene rings is 1. The number of imide groups is 1. The molecule has 6 heteroatoms. The number of hydrogen-bond donors (Lipinski definition) is 1. The quantitative estimate of drug-likeness (QED) is 0.786. The Labute approximate surface area is 139 Å². The maximum absolute atomic E-state index is 12.3. The number of amides is 3. The summed E-state index contributed by atoms with van der Waals surface area (Å²) in [6.07, 6.45) is 0.678. The summed E-state index contributed by atoms with van der Waals surface area (Å²) in [5.74, 6) is 0.246. The van der Waals surface area contributed by atoms with Crippen LogP contribution in [0.15, 0.2) is 28.7 Å². The highest BCUT2D eigenvalue weighted by molar-refractivity contribution is 9.10. The van der Waals surface area contributed by atoms with Crippen molar-refractivity contribution in [2.75, 3.05) is 13.7 Å². The first-order valence-electron chi connectivity index (χ1n) is 7.41. The van der Waals surface area contributed by atoms with Crippen molar-refractivity contribution in [3.63, 3.8) is 0 Å². The fourth-order valence-electron chi connectivity index (χ4n) is 2.53. The van der Waals surface area contributed by atoms with Gasteiger partial charge in [-0.3, -0.25) is 9.69 Å². The molecule has 1 atom stereocenters. The fourth-order valence-corrected chi connectivity index (χ4v) is 2.80. The van der Waals surface area contributed by atoms with Crippen LogP contribution in [0.4, 0.5) is 4.79 Å². The Hall–Kier alpha value is -1.40. The molecule has 1 saturated heterocycles. The molecule has 1 N–H and O–H groups in total. The van der Waals surface area contributed by atoms with Gasteiger partial charge in [-0.05, 0) is 37.1 Å². The Kier molecular flexibility index (Phi) is 5.58. The van der Waals surface area contributed by atoms with Gasteiger partial charge < -0.3 is 5.32 Å². The number of nitrogens with zero attached hydrogens (tertiary/aromatic N) is 2. The minimum absolute atomic E-state index is 0.124. The lowest BCUT2D eigenvalue weighted by atomic mass is 10.0. The zero-order chi connectivity index (χ0) is 16.3. The summed E-state index contributed by atoms with van der Waals surface area (Å²) < 4.78 is 1.03. The van der Waals surface area contributed by atoms with Crippen molar-refractivity contribution in [1.82, 2.24) is 15.1 Å². The van der Waals surface area contributed by atoms with E-state index in [1.165, 1.54) is 4.90 Å². The number of hydrogen-bond acceptors (Lipinski definition) is 3. The van der Waals surface area contributed by atoms with Crippen molar-refractivity contribution < 1.29 is 9.59 Å². The van der Waals surface area contributed by atoms with Crippen LogP contribution in [-0.2, 0) is 11.3 Å². The van der Waals surface area contributed by atoms with Crippen molar-refractivity contribution in [1.29, 1.82) is 0 Å². The number of nitrogens with one attached hydrogen (secondary N) is 1. The molecule has 5 nitrogen and oxygen atoms in total. The summed E-state index contributed by atoms with van der Waals surface area (Å²) in [5, 5.41) is 2.77. The van der Waals surface area contributed by atoms with Gasteiger partial charge in [-0.1, -0.05) is 41.9 Å². The van der Waals surface area contributed by atoms with Crippen molar-refractivity contribution in [3.8, 4) is 0 Å². The number of rotatable bonds is 6. The second-order valence-corrected chi connectivity index (χ2v) is 7.10. The molecule has 1 aliphatic heterocycles. The molecule has 1 fully saturated rings. The predicted molar refractivity (Wildman–Crippen MR) is 89.1 cm³/mol. The molecule has 1 aliphatic rings. The van der Waals surface area contributed by atoms with Gasteiger partial charge in [0.25, 0.3) is 5.91 Å². The molecule has 0 unspecified atom stereocenters.